The van der Waals surface area contributed by atoms with E-state index in [0.29, 0.717) is 22.9 Å². The first kappa shape index (κ1) is 20.0. The van der Waals surface area contributed by atoms with Crippen molar-refractivity contribution in [3.8, 4) is 17.2 Å². The molecule has 1 amide bonds. The van der Waals surface area contributed by atoms with Gasteiger partial charge in [0, 0.05) is 12.1 Å². The van der Waals surface area contributed by atoms with Crippen LogP contribution in [0.4, 0.5) is 0 Å². The van der Waals surface area contributed by atoms with Crippen LogP contribution in [0.1, 0.15) is 12.5 Å². The number of ether oxygens (including phenoxy) is 4. The number of carbonyl (C=O) groups is 2. The Bertz CT molecular complexity index is 1160. The molecule has 0 N–H and O–H groups in total. The molecule has 1 aliphatic heterocycles. The van der Waals surface area contributed by atoms with E-state index in [1.807, 2.05) is 37.3 Å². The highest BCUT2D eigenvalue weighted by atomic mass is 32.1. The van der Waals surface area contributed by atoms with Gasteiger partial charge in [0.05, 0.1) is 30.4 Å². The van der Waals surface area contributed by atoms with Gasteiger partial charge in [-0.05, 0) is 24.6 Å². The lowest BCUT2D eigenvalue weighted by atomic mass is 10.1. The molecule has 0 spiro atoms. The van der Waals surface area contributed by atoms with E-state index in [0.717, 1.165) is 21.5 Å². The predicted octanol–water partition coefficient (Wildman–Crippen LogP) is 2.67. The van der Waals surface area contributed by atoms with Crippen molar-refractivity contribution in [2.45, 2.75) is 19.9 Å². The molecule has 1 aliphatic rings. The molecule has 2 aromatic carbocycles. The minimum atomic E-state index is -0.437. The van der Waals surface area contributed by atoms with Crippen LogP contribution in [0, 0.1) is 0 Å². The van der Waals surface area contributed by atoms with Crippen molar-refractivity contribution in [3.63, 3.8) is 0 Å². The van der Waals surface area contributed by atoms with Crippen LogP contribution in [-0.4, -0.2) is 37.0 Å². The molecule has 0 unspecified atom stereocenters. The first-order valence-corrected chi connectivity index (χ1v) is 10.2. The Morgan fingerprint density at radius 3 is 2.60 bits per heavy atom. The average molecular weight is 428 g/mol. The molecule has 2 heterocycles. The number of amides is 1. The number of hydrogen-bond donors (Lipinski definition) is 0. The zero-order valence-electron chi connectivity index (χ0n) is 16.5. The van der Waals surface area contributed by atoms with E-state index in [4.69, 9.17) is 18.9 Å². The highest BCUT2D eigenvalue weighted by Gasteiger charge is 2.19. The van der Waals surface area contributed by atoms with Gasteiger partial charge < -0.3 is 23.5 Å². The first-order chi connectivity index (χ1) is 14.6. The Labute approximate surface area is 176 Å². The number of methoxy groups -OCH3 is 1. The Balaban J connectivity index is 1.67. The van der Waals surface area contributed by atoms with Gasteiger partial charge in [0.1, 0.15) is 12.3 Å². The lowest BCUT2D eigenvalue weighted by Crippen LogP contribution is -2.22. The molecule has 0 atom stereocenters. The Hall–Kier alpha value is -3.33. The first-order valence-electron chi connectivity index (χ1n) is 9.36. The van der Waals surface area contributed by atoms with Crippen molar-refractivity contribution < 1.29 is 28.5 Å². The molecule has 0 aliphatic carbocycles. The molecule has 4 rings (SSSR count). The summed E-state index contributed by atoms with van der Waals surface area (Å²) in [7, 11) is 1.32. The summed E-state index contributed by atoms with van der Waals surface area (Å²) in [5.41, 5.74) is 1.55. The van der Waals surface area contributed by atoms with Crippen LogP contribution in [0.2, 0.25) is 0 Å². The summed E-state index contributed by atoms with van der Waals surface area (Å²) in [4.78, 5) is 29.2. The maximum absolute atomic E-state index is 12.6. The molecule has 0 saturated carbocycles. The SMILES string of the molecule is CCOc1ccc(CC(=O)N=c2sc3cc4c(cc3n2CC(=O)OC)OCO4)cc1. The fourth-order valence-corrected chi connectivity index (χ4v) is 4.14. The quantitative estimate of drug-likeness (QED) is 0.561. The largest absolute Gasteiger partial charge is 0.494 e. The van der Waals surface area contributed by atoms with Crippen LogP contribution in [0.15, 0.2) is 41.4 Å². The van der Waals surface area contributed by atoms with Gasteiger partial charge in [-0.25, -0.2) is 0 Å². The van der Waals surface area contributed by atoms with Gasteiger partial charge in [-0.15, -0.1) is 0 Å². The summed E-state index contributed by atoms with van der Waals surface area (Å²) in [5.74, 6) is 1.22. The molecular formula is C21H20N2O6S. The average Bonchev–Trinajstić information content (AvgIpc) is 3.32. The van der Waals surface area contributed by atoms with E-state index in [1.54, 1.807) is 10.6 Å². The number of esters is 1. The topological polar surface area (TPSA) is 88.4 Å². The fraction of sp³-hybridized carbons (Fsp3) is 0.286. The minimum Gasteiger partial charge on any atom is -0.494 e. The third-order valence-corrected chi connectivity index (χ3v) is 5.54. The molecular weight excluding hydrogens is 408 g/mol. The van der Waals surface area contributed by atoms with E-state index < -0.39 is 5.97 Å². The Morgan fingerprint density at radius 2 is 1.90 bits per heavy atom. The molecule has 1 aromatic heterocycles. The molecule has 0 bridgehead atoms. The molecule has 8 nitrogen and oxygen atoms in total. The zero-order valence-corrected chi connectivity index (χ0v) is 17.4. The van der Waals surface area contributed by atoms with Crippen LogP contribution in [-0.2, 0) is 27.3 Å². The third-order valence-electron chi connectivity index (χ3n) is 4.50. The second kappa shape index (κ2) is 8.58. The summed E-state index contributed by atoms with van der Waals surface area (Å²) in [5, 5.41) is 0. The highest BCUT2D eigenvalue weighted by molar-refractivity contribution is 7.16. The number of nitrogens with zero attached hydrogens (tertiary/aromatic N) is 2. The summed E-state index contributed by atoms with van der Waals surface area (Å²) in [6, 6.07) is 10.9. The lowest BCUT2D eigenvalue weighted by molar-refractivity contribution is -0.141. The van der Waals surface area contributed by atoms with E-state index in [1.165, 1.54) is 18.4 Å². The van der Waals surface area contributed by atoms with Gasteiger partial charge in [-0.3, -0.25) is 9.59 Å². The molecule has 0 fully saturated rings. The van der Waals surface area contributed by atoms with Crippen molar-refractivity contribution in [1.29, 1.82) is 0 Å². The number of thiazole rings is 1. The van der Waals surface area contributed by atoms with Gasteiger partial charge in [0.25, 0.3) is 5.91 Å². The van der Waals surface area contributed by atoms with Crippen molar-refractivity contribution in [1.82, 2.24) is 4.57 Å². The number of hydrogen-bond acceptors (Lipinski definition) is 7. The van der Waals surface area contributed by atoms with E-state index >= 15 is 0 Å². The molecule has 156 valence electrons. The van der Waals surface area contributed by atoms with E-state index in [2.05, 4.69) is 4.99 Å². The van der Waals surface area contributed by atoms with Crippen molar-refractivity contribution in [3.05, 3.63) is 46.8 Å². The summed E-state index contributed by atoms with van der Waals surface area (Å²) in [6.45, 7) is 2.59. The van der Waals surface area contributed by atoms with Crippen LogP contribution >= 0.6 is 11.3 Å². The number of aromatic nitrogens is 1. The fourth-order valence-electron chi connectivity index (χ4n) is 3.08. The second-order valence-electron chi connectivity index (χ2n) is 6.48. The lowest BCUT2D eigenvalue weighted by Gasteiger charge is -2.05. The van der Waals surface area contributed by atoms with E-state index in [9.17, 15) is 9.59 Å². The maximum Gasteiger partial charge on any atom is 0.325 e. The van der Waals surface area contributed by atoms with Gasteiger partial charge in [0.15, 0.2) is 16.3 Å². The monoisotopic (exact) mass is 428 g/mol. The highest BCUT2D eigenvalue weighted by Crippen LogP contribution is 2.37. The molecule has 9 heteroatoms. The molecule has 30 heavy (non-hydrogen) atoms. The van der Waals surface area contributed by atoms with Crippen LogP contribution < -0.4 is 19.0 Å². The number of benzene rings is 2. The van der Waals surface area contributed by atoms with Crippen molar-refractivity contribution >= 4 is 33.4 Å². The Kier molecular flexibility index (Phi) is 5.71. The molecule has 0 radical (unpaired) electrons. The van der Waals surface area contributed by atoms with Crippen molar-refractivity contribution in [2.24, 2.45) is 4.99 Å². The van der Waals surface area contributed by atoms with Gasteiger partial charge >= 0.3 is 5.97 Å². The molecule has 0 saturated heterocycles. The van der Waals surface area contributed by atoms with Gasteiger partial charge in [0.2, 0.25) is 6.79 Å². The summed E-state index contributed by atoms with van der Waals surface area (Å²) >= 11 is 1.30. The normalized spacial score (nSPS) is 12.9. The van der Waals surface area contributed by atoms with E-state index in [-0.39, 0.29) is 25.7 Å². The zero-order chi connectivity index (χ0) is 21.1. The van der Waals surface area contributed by atoms with Gasteiger partial charge in [-0.1, -0.05) is 23.5 Å². The smallest absolute Gasteiger partial charge is 0.325 e. The maximum atomic E-state index is 12.6. The number of carbonyl (C=O) groups excluding carboxylic acids is 2. The molecule has 3 aromatic rings. The number of rotatable bonds is 6. The van der Waals surface area contributed by atoms with Crippen LogP contribution in [0.25, 0.3) is 10.2 Å². The van der Waals surface area contributed by atoms with Crippen molar-refractivity contribution in [2.75, 3.05) is 20.5 Å². The van der Waals surface area contributed by atoms with Crippen LogP contribution in [0.5, 0.6) is 17.2 Å². The Morgan fingerprint density at radius 1 is 1.17 bits per heavy atom. The summed E-state index contributed by atoms with van der Waals surface area (Å²) < 4.78 is 23.6. The summed E-state index contributed by atoms with van der Waals surface area (Å²) in [6.07, 6.45) is 0.140. The standard InChI is InChI=1S/C21H20N2O6S/c1-3-27-14-6-4-13(5-7-14)8-19(24)22-21-23(11-20(25)26-2)15-9-16-17(29-12-28-16)10-18(15)30-21/h4-7,9-10H,3,8,11-12H2,1-2H3. The van der Waals surface area contributed by atoms with Crippen LogP contribution in [0.3, 0.4) is 0 Å². The van der Waals surface area contributed by atoms with Gasteiger partial charge in [-0.2, -0.15) is 4.99 Å². The third kappa shape index (κ3) is 4.16. The second-order valence-corrected chi connectivity index (χ2v) is 7.49. The minimum absolute atomic E-state index is 0.0642. The number of fused-ring (bicyclic) bond motifs is 2. The predicted molar refractivity (Wildman–Crippen MR) is 110 cm³/mol.